The summed E-state index contributed by atoms with van der Waals surface area (Å²) < 4.78 is 11.2. The van der Waals surface area contributed by atoms with Gasteiger partial charge >= 0.3 is 0 Å². The van der Waals surface area contributed by atoms with E-state index >= 15 is 0 Å². The Kier molecular flexibility index (Phi) is 7.97. The van der Waals surface area contributed by atoms with Crippen molar-refractivity contribution >= 4 is 0 Å². The van der Waals surface area contributed by atoms with Crippen LogP contribution in [0.15, 0.2) is 0 Å². The fraction of sp³-hybridized carbons (Fsp3) is 1.00. The van der Waals surface area contributed by atoms with Crippen molar-refractivity contribution in [3.8, 4) is 0 Å². The molecule has 1 aliphatic carbocycles. The highest BCUT2D eigenvalue weighted by Gasteiger charge is 2.49. The highest BCUT2D eigenvalue weighted by atomic mass is 16.7. The molecule has 2 aliphatic rings. The van der Waals surface area contributed by atoms with Crippen LogP contribution in [0.5, 0.6) is 0 Å². The maximum Gasteiger partial charge on any atom is 0.176 e. The number of rotatable bonds is 6. The summed E-state index contributed by atoms with van der Waals surface area (Å²) in [5.41, 5.74) is 12.0. The molecule has 4 unspecified atom stereocenters. The van der Waals surface area contributed by atoms with Crippen LogP contribution in [0.2, 0.25) is 0 Å². The van der Waals surface area contributed by atoms with Gasteiger partial charge in [-0.3, -0.25) is 0 Å². The summed E-state index contributed by atoms with van der Waals surface area (Å²) in [5, 5.41) is 54.0. The Morgan fingerprint density at radius 2 is 1.67 bits per heavy atom. The van der Waals surface area contributed by atoms with Gasteiger partial charge in [-0.25, -0.2) is 0 Å². The minimum absolute atomic E-state index is 0.364. The van der Waals surface area contributed by atoms with Gasteiger partial charge in [0.2, 0.25) is 0 Å². The van der Waals surface area contributed by atoms with E-state index in [1.165, 1.54) is 6.92 Å². The third-order valence-electron chi connectivity index (χ3n) is 5.29. The largest absolute Gasteiger partial charge is 0.391 e. The standard InChI is InChI=1S/C17H35N3O7/c1-6(2)5-20-9-4-8(18)16(13(24)11(9)22)27-17-10(19)12(23)14(25)15(26-17)7(3)21/h6-17,20-25H,4-5,18-19H2,1-3H3/t7-,8?,9-,10?,11?,12-,13-,14+,15?,16-,17-/m1/s1. The average molecular weight is 393 g/mol. The van der Waals surface area contributed by atoms with Gasteiger partial charge < -0.3 is 51.8 Å². The lowest BCUT2D eigenvalue weighted by atomic mass is 9.83. The lowest BCUT2D eigenvalue weighted by Gasteiger charge is -2.47. The Balaban J connectivity index is 2.05. The minimum atomic E-state index is -1.38. The van der Waals surface area contributed by atoms with E-state index in [0.29, 0.717) is 18.9 Å². The van der Waals surface area contributed by atoms with E-state index in [2.05, 4.69) is 5.32 Å². The van der Waals surface area contributed by atoms with Crippen LogP contribution >= 0.6 is 0 Å². The molecule has 1 saturated heterocycles. The summed E-state index contributed by atoms with van der Waals surface area (Å²) in [6.07, 6.45) is -9.15. The van der Waals surface area contributed by atoms with E-state index in [9.17, 15) is 25.5 Å². The Hall–Kier alpha value is -0.400. The SMILES string of the molecule is CC(C)CN[C@@H]1CC(N)[C@@H](O[C@H]2OC([C@@H](C)O)[C@@H](O)[C@H](O)C2N)[C@H](O)C1O. The Bertz CT molecular complexity index is 470. The summed E-state index contributed by atoms with van der Waals surface area (Å²) in [6, 6.07) is -2.10. The third kappa shape index (κ3) is 5.15. The zero-order chi connectivity index (χ0) is 20.5. The van der Waals surface area contributed by atoms with Crippen molar-refractivity contribution in [2.45, 2.75) is 94.3 Å². The molecule has 160 valence electrons. The van der Waals surface area contributed by atoms with Gasteiger partial charge in [0.15, 0.2) is 6.29 Å². The van der Waals surface area contributed by atoms with Gasteiger partial charge in [-0.05, 0) is 25.8 Å². The second-order valence-corrected chi connectivity index (χ2v) is 8.16. The first-order valence-corrected chi connectivity index (χ1v) is 9.50. The van der Waals surface area contributed by atoms with Crippen molar-refractivity contribution in [1.82, 2.24) is 5.32 Å². The quantitative estimate of drug-likeness (QED) is 0.226. The van der Waals surface area contributed by atoms with Crippen LogP contribution in [0.3, 0.4) is 0 Å². The topological polar surface area (TPSA) is 184 Å². The van der Waals surface area contributed by atoms with Gasteiger partial charge in [0.05, 0.1) is 18.2 Å². The Labute approximate surface area is 159 Å². The molecule has 10 N–H and O–H groups in total. The number of hydrogen-bond acceptors (Lipinski definition) is 10. The van der Waals surface area contributed by atoms with Gasteiger partial charge in [0.1, 0.15) is 30.5 Å². The summed E-state index contributed by atoms with van der Waals surface area (Å²) >= 11 is 0. The van der Waals surface area contributed by atoms with Gasteiger partial charge in [-0.1, -0.05) is 13.8 Å². The molecule has 1 saturated carbocycles. The number of nitrogens with two attached hydrogens (primary N) is 2. The van der Waals surface area contributed by atoms with Gasteiger partial charge in [0, 0.05) is 12.1 Å². The van der Waals surface area contributed by atoms with Crippen molar-refractivity contribution in [3.63, 3.8) is 0 Å². The van der Waals surface area contributed by atoms with Crippen LogP contribution in [-0.4, -0.2) is 99.2 Å². The molecular weight excluding hydrogens is 358 g/mol. The fourth-order valence-electron chi connectivity index (χ4n) is 3.61. The monoisotopic (exact) mass is 393 g/mol. The van der Waals surface area contributed by atoms with Crippen LogP contribution in [-0.2, 0) is 9.47 Å². The zero-order valence-electron chi connectivity index (χ0n) is 16.0. The van der Waals surface area contributed by atoms with Gasteiger partial charge in [-0.15, -0.1) is 0 Å². The van der Waals surface area contributed by atoms with Crippen molar-refractivity contribution in [2.75, 3.05) is 6.54 Å². The van der Waals surface area contributed by atoms with Crippen LogP contribution in [0, 0.1) is 5.92 Å². The van der Waals surface area contributed by atoms with Crippen molar-refractivity contribution in [2.24, 2.45) is 17.4 Å². The van der Waals surface area contributed by atoms with E-state index in [4.69, 9.17) is 20.9 Å². The molecule has 0 bridgehead atoms. The van der Waals surface area contributed by atoms with Crippen LogP contribution in [0.25, 0.3) is 0 Å². The average Bonchev–Trinajstić information content (AvgIpc) is 2.59. The first-order valence-electron chi connectivity index (χ1n) is 9.50. The molecule has 0 aromatic rings. The normalized spacial score (nSPS) is 47.2. The molecule has 0 radical (unpaired) electrons. The molecule has 1 aliphatic heterocycles. The number of aliphatic hydroxyl groups excluding tert-OH is 5. The Morgan fingerprint density at radius 3 is 2.22 bits per heavy atom. The molecule has 2 fully saturated rings. The van der Waals surface area contributed by atoms with E-state index in [1.807, 2.05) is 13.8 Å². The maximum atomic E-state index is 10.5. The molecule has 10 heteroatoms. The number of hydrogen-bond donors (Lipinski definition) is 8. The lowest BCUT2D eigenvalue weighted by molar-refractivity contribution is -0.301. The summed E-state index contributed by atoms with van der Waals surface area (Å²) in [4.78, 5) is 0. The molecule has 10 nitrogen and oxygen atoms in total. The number of aliphatic hydroxyl groups is 5. The zero-order valence-corrected chi connectivity index (χ0v) is 16.0. The predicted molar refractivity (Wildman–Crippen MR) is 96.4 cm³/mol. The Morgan fingerprint density at radius 1 is 1.04 bits per heavy atom. The molecule has 0 aromatic heterocycles. The van der Waals surface area contributed by atoms with Crippen LogP contribution < -0.4 is 16.8 Å². The highest BCUT2D eigenvalue weighted by Crippen LogP contribution is 2.28. The van der Waals surface area contributed by atoms with E-state index in [0.717, 1.165) is 0 Å². The van der Waals surface area contributed by atoms with Gasteiger partial charge in [0.25, 0.3) is 0 Å². The molecule has 0 aromatic carbocycles. The van der Waals surface area contributed by atoms with Crippen molar-refractivity contribution in [3.05, 3.63) is 0 Å². The van der Waals surface area contributed by atoms with Gasteiger partial charge in [-0.2, -0.15) is 0 Å². The van der Waals surface area contributed by atoms with Crippen LogP contribution in [0.4, 0.5) is 0 Å². The first-order chi connectivity index (χ1) is 12.5. The fourth-order valence-corrected chi connectivity index (χ4v) is 3.61. The predicted octanol–water partition coefficient (Wildman–Crippen LogP) is -3.41. The van der Waals surface area contributed by atoms with E-state index in [1.54, 1.807) is 0 Å². The molecule has 27 heavy (non-hydrogen) atoms. The molecule has 1 heterocycles. The molecule has 0 spiro atoms. The maximum absolute atomic E-state index is 10.5. The van der Waals surface area contributed by atoms with E-state index in [-0.39, 0.29) is 6.04 Å². The highest BCUT2D eigenvalue weighted by molar-refractivity contribution is 5.00. The smallest absolute Gasteiger partial charge is 0.176 e. The number of ether oxygens (including phenoxy) is 2. The van der Waals surface area contributed by atoms with Crippen molar-refractivity contribution in [1.29, 1.82) is 0 Å². The molecule has 2 rings (SSSR count). The van der Waals surface area contributed by atoms with E-state index < -0.39 is 61.1 Å². The molecule has 11 atom stereocenters. The van der Waals surface area contributed by atoms with Crippen LogP contribution in [0.1, 0.15) is 27.2 Å². The summed E-state index contributed by atoms with van der Waals surface area (Å²) in [6.45, 7) is 6.14. The molecule has 0 amide bonds. The first kappa shape index (κ1) is 22.9. The minimum Gasteiger partial charge on any atom is -0.391 e. The second kappa shape index (κ2) is 9.40. The molecular formula is C17H35N3O7. The summed E-state index contributed by atoms with van der Waals surface area (Å²) in [7, 11) is 0. The third-order valence-corrected chi connectivity index (χ3v) is 5.29. The van der Waals surface area contributed by atoms with Crippen molar-refractivity contribution < 1.29 is 35.0 Å². The second-order valence-electron chi connectivity index (χ2n) is 8.16. The lowest BCUT2D eigenvalue weighted by Crippen LogP contribution is -2.68. The summed E-state index contributed by atoms with van der Waals surface area (Å²) in [5.74, 6) is 0.374. The number of nitrogens with one attached hydrogen (secondary N) is 1.